The molecule has 0 atom stereocenters. The van der Waals surface area contributed by atoms with E-state index in [9.17, 15) is 4.79 Å². The third-order valence-electron chi connectivity index (χ3n) is 2.54. The van der Waals surface area contributed by atoms with Crippen molar-refractivity contribution >= 4 is 11.6 Å². The summed E-state index contributed by atoms with van der Waals surface area (Å²) in [6.07, 6.45) is 0. The third-order valence-corrected chi connectivity index (χ3v) is 2.54. The smallest absolute Gasteiger partial charge is 0.251 e. The van der Waals surface area contributed by atoms with Crippen LogP contribution in [-0.2, 0) is 0 Å². The van der Waals surface area contributed by atoms with Gasteiger partial charge < -0.3 is 10.6 Å². The van der Waals surface area contributed by atoms with Gasteiger partial charge in [-0.05, 0) is 30.0 Å². The van der Waals surface area contributed by atoms with Crippen molar-refractivity contribution in [3.05, 3.63) is 29.3 Å². The molecular weight excluding hydrogens is 212 g/mol. The molecule has 1 amide bonds. The molecule has 2 N–H and O–H groups in total. The first kappa shape index (κ1) is 13.6. The molecule has 0 unspecified atom stereocenters. The van der Waals surface area contributed by atoms with Gasteiger partial charge >= 0.3 is 0 Å². The maximum atomic E-state index is 11.5. The summed E-state index contributed by atoms with van der Waals surface area (Å²) in [4.78, 5) is 11.5. The van der Waals surface area contributed by atoms with E-state index in [1.54, 1.807) is 7.05 Å². The predicted molar refractivity (Wildman–Crippen MR) is 72.5 cm³/mol. The number of amides is 1. The molecule has 0 aliphatic carbocycles. The highest BCUT2D eigenvalue weighted by Gasteiger charge is 2.11. The Morgan fingerprint density at radius 1 is 1.29 bits per heavy atom. The van der Waals surface area contributed by atoms with Crippen molar-refractivity contribution in [3.63, 3.8) is 0 Å². The lowest BCUT2D eigenvalue weighted by Gasteiger charge is -2.21. The SMILES string of the molecule is CNC(=O)c1ccc(C)c(NCC(C)(C)C)c1. The van der Waals surface area contributed by atoms with Gasteiger partial charge in [0, 0.05) is 24.8 Å². The van der Waals surface area contributed by atoms with Gasteiger partial charge in [-0.2, -0.15) is 0 Å². The Morgan fingerprint density at radius 2 is 1.94 bits per heavy atom. The van der Waals surface area contributed by atoms with Crippen LogP contribution >= 0.6 is 0 Å². The Bertz CT molecular complexity index is 405. The number of carbonyl (C=O) groups excluding carboxylic acids is 1. The molecule has 0 saturated heterocycles. The van der Waals surface area contributed by atoms with Gasteiger partial charge in [-0.3, -0.25) is 4.79 Å². The van der Waals surface area contributed by atoms with Crippen LogP contribution in [0.5, 0.6) is 0 Å². The van der Waals surface area contributed by atoms with Gasteiger partial charge in [-0.1, -0.05) is 26.8 Å². The molecule has 1 rings (SSSR count). The van der Waals surface area contributed by atoms with Crippen LogP contribution in [0.3, 0.4) is 0 Å². The van der Waals surface area contributed by atoms with Crippen LogP contribution in [0.15, 0.2) is 18.2 Å². The minimum atomic E-state index is -0.0520. The molecule has 0 bridgehead atoms. The number of hydrogen-bond acceptors (Lipinski definition) is 2. The van der Waals surface area contributed by atoms with Crippen LogP contribution in [0.1, 0.15) is 36.7 Å². The van der Waals surface area contributed by atoms with E-state index in [4.69, 9.17) is 0 Å². The van der Waals surface area contributed by atoms with E-state index in [1.165, 1.54) is 0 Å². The number of benzene rings is 1. The maximum Gasteiger partial charge on any atom is 0.251 e. The second-order valence-corrected chi connectivity index (χ2v) is 5.52. The molecule has 0 fully saturated rings. The summed E-state index contributed by atoms with van der Waals surface area (Å²) in [5.74, 6) is -0.0520. The molecule has 0 aliphatic heterocycles. The number of aryl methyl sites for hydroxylation is 1. The van der Waals surface area contributed by atoms with Gasteiger partial charge in [0.15, 0.2) is 0 Å². The van der Waals surface area contributed by atoms with Gasteiger partial charge in [-0.15, -0.1) is 0 Å². The van der Waals surface area contributed by atoms with Crippen molar-refractivity contribution in [3.8, 4) is 0 Å². The lowest BCUT2D eigenvalue weighted by molar-refractivity contribution is 0.0963. The highest BCUT2D eigenvalue weighted by atomic mass is 16.1. The van der Waals surface area contributed by atoms with Gasteiger partial charge in [0.2, 0.25) is 0 Å². The quantitative estimate of drug-likeness (QED) is 0.844. The largest absolute Gasteiger partial charge is 0.384 e. The van der Waals surface area contributed by atoms with Gasteiger partial charge in [-0.25, -0.2) is 0 Å². The zero-order valence-corrected chi connectivity index (χ0v) is 11.3. The van der Waals surface area contributed by atoms with Crippen molar-refractivity contribution in [1.82, 2.24) is 5.32 Å². The summed E-state index contributed by atoms with van der Waals surface area (Å²) in [7, 11) is 1.64. The molecule has 1 aromatic carbocycles. The molecular formula is C14H22N2O. The highest BCUT2D eigenvalue weighted by molar-refractivity contribution is 5.95. The number of rotatable bonds is 3. The van der Waals surface area contributed by atoms with Gasteiger partial charge in [0.1, 0.15) is 0 Å². The normalized spacial score (nSPS) is 11.1. The summed E-state index contributed by atoms with van der Waals surface area (Å²) >= 11 is 0. The summed E-state index contributed by atoms with van der Waals surface area (Å²) in [5, 5.41) is 6.03. The van der Waals surface area contributed by atoms with E-state index in [2.05, 4.69) is 31.4 Å². The first-order chi connectivity index (χ1) is 7.83. The fraction of sp³-hybridized carbons (Fsp3) is 0.500. The highest BCUT2D eigenvalue weighted by Crippen LogP contribution is 2.20. The number of hydrogen-bond donors (Lipinski definition) is 2. The van der Waals surface area contributed by atoms with E-state index < -0.39 is 0 Å². The van der Waals surface area contributed by atoms with Gasteiger partial charge in [0.25, 0.3) is 5.91 Å². The van der Waals surface area contributed by atoms with Crippen molar-refractivity contribution in [1.29, 1.82) is 0 Å². The van der Waals surface area contributed by atoms with E-state index in [0.717, 1.165) is 17.8 Å². The Hall–Kier alpha value is -1.51. The standard InChI is InChI=1S/C14H22N2O/c1-10-6-7-11(13(17)15-5)8-12(10)16-9-14(2,3)4/h6-8,16H,9H2,1-5H3,(H,15,17). The topological polar surface area (TPSA) is 41.1 Å². The fourth-order valence-corrected chi connectivity index (χ4v) is 1.46. The molecule has 0 aromatic heterocycles. The molecule has 17 heavy (non-hydrogen) atoms. The molecule has 0 radical (unpaired) electrons. The Balaban J connectivity index is 2.87. The third kappa shape index (κ3) is 4.10. The van der Waals surface area contributed by atoms with Gasteiger partial charge in [0.05, 0.1) is 0 Å². The van der Waals surface area contributed by atoms with E-state index in [1.807, 2.05) is 25.1 Å². The molecule has 0 heterocycles. The van der Waals surface area contributed by atoms with Crippen molar-refractivity contribution < 1.29 is 4.79 Å². The zero-order chi connectivity index (χ0) is 13.1. The monoisotopic (exact) mass is 234 g/mol. The fourth-order valence-electron chi connectivity index (χ4n) is 1.46. The molecule has 1 aromatic rings. The maximum absolute atomic E-state index is 11.5. The van der Waals surface area contributed by atoms with Crippen LogP contribution in [0.4, 0.5) is 5.69 Å². The minimum Gasteiger partial charge on any atom is -0.384 e. The molecule has 94 valence electrons. The average molecular weight is 234 g/mol. The predicted octanol–water partition coefficient (Wildman–Crippen LogP) is 2.81. The van der Waals surface area contributed by atoms with E-state index >= 15 is 0 Å². The lowest BCUT2D eigenvalue weighted by Crippen LogP contribution is -2.21. The Morgan fingerprint density at radius 3 is 2.47 bits per heavy atom. The van der Waals surface area contributed by atoms with Crippen LogP contribution < -0.4 is 10.6 Å². The zero-order valence-electron chi connectivity index (χ0n) is 11.3. The summed E-state index contributed by atoms with van der Waals surface area (Å²) < 4.78 is 0. The molecule has 0 saturated carbocycles. The summed E-state index contributed by atoms with van der Waals surface area (Å²) in [6, 6.07) is 5.71. The average Bonchev–Trinajstić information content (AvgIpc) is 2.26. The number of anilines is 1. The minimum absolute atomic E-state index is 0.0520. The molecule has 3 nitrogen and oxygen atoms in total. The van der Waals surface area contributed by atoms with Crippen molar-refractivity contribution in [2.24, 2.45) is 5.41 Å². The molecule has 0 spiro atoms. The second-order valence-electron chi connectivity index (χ2n) is 5.52. The van der Waals surface area contributed by atoms with Crippen LogP contribution in [0, 0.1) is 12.3 Å². The molecule has 0 aliphatic rings. The van der Waals surface area contributed by atoms with E-state index in [-0.39, 0.29) is 11.3 Å². The van der Waals surface area contributed by atoms with Crippen LogP contribution in [0.2, 0.25) is 0 Å². The van der Waals surface area contributed by atoms with Crippen molar-refractivity contribution in [2.75, 3.05) is 18.9 Å². The first-order valence-corrected chi connectivity index (χ1v) is 5.90. The summed E-state index contributed by atoms with van der Waals surface area (Å²) in [6.45, 7) is 9.46. The Labute approximate surface area is 104 Å². The molecule has 3 heteroatoms. The second kappa shape index (κ2) is 5.21. The number of nitrogens with one attached hydrogen (secondary N) is 2. The van der Waals surface area contributed by atoms with E-state index in [0.29, 0.717) is 5.56 Å². The first-order valence-electron chi connectivity index (χ1n) is 5.90. The van der Waals surface area contributed by atoms with Crippen LogP contribution in [0.25, 0.3) is 0 Å². The lowest BCUT2D eigenvalue weighted by atomic mass is 9.96. The Kier molecular flexibility index (Phi) is 4.16. The van der Waals surface area contributed by atoms with Crippen LogP contribution in [-0.4, -0.2) is 19.5 Å². The van der Waals surface area contributed by atoms with Crippen molar-refractivity contribution in [2.45, 2.75) is 27.7 Å². The number of carbonyl (C=O) groups is 1. The summed E-state index contributed by atoms with van der Waals surface area (Å²) in [5.41, 5.74) is 3.09.